The van der Waals surface area contributed by atoms with Crippen LogP contribution < -0.4 is 10.2 Å². The number of ether oxygens (including phenoxy) is 1. The van der Waals surface area contributed by atoms with Gasteiger partial charge in [-0.1, -0.05) is 30.3 Å². The highest BCUT2D eigenvalue weighted by Gasteiger charge is 2.39. The Kier molecular flexibility index (Phi) is 5.77. The largest absolute Gasteiger partial charge is 0.444 e. The molecule has 2 aromatic heterocycles. The normalized spacial score (nSPS) is 15.9. The predicted octanol–water partition coefficient (Wildman–Crippen LogP) is 4.01. The second-order valence-corrected chi connectivity index (χ2v) is 9.54. The number of hydrogen-bond acceptors (Lipinski definition) is 7. The molecule has 3 heterocycles. The summed E-state index contributed by atoms with van der Waals surface area (Å²) in [5.74, 6) is 0.462. The molecule has 1 amide bonds. The number of aromatic amines is 1. The third-order valence-corrected chi connectivity index (χ3v) is 6.01. The maximum Gasteiger partial charge on any atom is 0.408 e. The zero-order chi connectivity index (χ0) is 22.9. The molecular weight excluding hydrogens is 474 g/mol. The lowest BCUT2D eigenvalue weighted by atomic mass is 9.81. The van der Waals surface area contributed by atoms with Gasteiger partial charge in [0.05, 0.1) is 10.9 Å². The van der Waals surface area contributed by atoms with Crippen molar-refractivity contribution in [1.29, 1.82) is 5.26 Å². The molecule has 1 aromatic carbocycles. The molecule has 0 radical (unpaired) electrons. The van der Waals surface area contributed by atoms with Crippen LogP contribution in [0.25, 0.3) is 11.0 Å². The van der Waals surface area contributed by atoms with Crippen LogP contribution in [0.3, 0.4) is 0 Å². The third kappa shape index (κ3) is 4.39. The first kappa shape index (κ1) is 22.0. The standard InChI is InChI=1S/C22H24BrN7O2/c1-21(2,3)32-20(31)27-22(14-7-5-4-6-8-14)9-11-30(12-10-22)19-25-15(13-24)16-17(23)28-29-18(16)26-19/h4-8H,9-12H2,1-3H3,(H,27,31)(H,25,26,28,29). The molecule has 0 atom stereocenters. The molecule has 0 spiro atoms. The second-order valence-electron chi connectivity index (χ2n) is 8.78. The molecule has 9 nitrogen and oxygen atoms in total. The second kappa shape index (κ2) is 8.39. The molecule has 1 aliphatic heterocycles. The number of amides is 1. The fourth-order valence-electron chi connectivity index (χ4n) is 3.94. The summed E-state index contributed by atoms with van der Waals surface area (Å²) in [7, 11) is 0. The lowest BCUT2D eigenvalue weighted by Gasteiger charge is -2.42. The van der Waals surface area contributed by atoms with E-state index in [1.807, 2.05) is 56.0 Å². The maximum absolute atomic E-state index is 12.7. The van der Waals surface area contributed by atoms with Gasteiger partial charge in [0, 0.05) is 13.1 Å². The molecule has 1 saturated heterocycles. The molecule has 3 aromatic rings. The van der Waals surface area contributed by atoms with Gasteiger partial charge in [0.15, 0.2) is 11.3 Å². The van der Waals surface area contributed by atoms with Gasteiger partial charge < -0.3 is 15.0 Å². The van der Waals surface area contributed by atoms with Crippen molar-refractivity contribution in [3.8, 4) is 6.07 Å². The van der Waals surface area contributed by atoms with E-state index < -0.39 is 17.2 Å². The molecule has 2 N–H and O–H groups in total. The number of aromatic nitrogens is 4. The predicted molar refractivity (Wildman–Crippen MR) is 123 cm³/mol. The van der Waals surface area contributed by atoms with Crippen LogP contribution in [0, 0.1) is 11.3 Å². The third-order valence-electron chi connectivity index (χ3n) is 5.44. The zero-order valence-corrected chi connectivity index (χ0v) is 19.7. The van der Waals surface area contributed by atoms with Gasteiger partial charge in [0.2, 0.25) is 5.95 Å². The number of H-pyrrole nitrogens is 1. The van der Waals surface area contributed by atoms with E-state index >= 15 is 0 Å². The van der Waals surface area contributed by atoms with Crippen LogP contribution in [0.15, 0.2) is 34.9 Å². The number of carbonyl (C=O) groups is 1. The van der Waals surface area contributed by atoms with Gasteiger partial charge in [-0.15, -0.1) is 0 Å². The number of nitrogens with zero attached hydrogens (tertiary/aromatic N) is 5. The summed E-state index contributed by atoms with van der Waals surface area (Å²) in [5, 5.41) is 20.1. The van der Waals surface area contributed by atoms with E-state index in [9.17, 15) is 10.1 Å². The number of fused-ring (bicyclic) bond motifs is 1. The van der Waals surface area contributed by atoms with E-state index in [4.69, 9.17) is 4.74 Å². The average molecular weight is 498 g/mol. The van der Waals surface area contributed by atoms with Crippen molar-refractivity contribution >= 4 is 39.0 Å². The lowest BCUT2D eigenvalue weighted by Crippen LogP contribution is -2.54. The first-order valence-corrected chi connectivity index (χ1v) is 11.1. The first-order valence-electron chi connectivity index (χ1n) is 10.3. The molecular formula is C22H24BrN7O2. The minimum absolute atomic E-state index is 0.261. The van der Waals surface area contributed by atoms with Crippen LogP contribution >= 0.6 is 15.9 Å². The summed E-state index contributed by atoms with van der Waals surface area (Å²) in [4.78, 5) is 23.7. The SMILES string of the molecule is CC(C)(C)OC(=O)NC1(c2ccccc2)CCN(c2nc(C#N)c3c(Br)n[nH]c3n2)CC1. The summed E-state index contributed by atoms with van der Waals surface area (Å²) in [6, 6.07) is 12.0. The van der Waals surface area contributed by atoms with Crippen molar-refractivity contribution in [3.63, 3.8) is 0 Å². The molecule has 10 heteroatoms. The smallest absolute Gasteiger partial charge is 0.408 e. The van der Waals surface area contributed by atoms with Gasteiger partial charge in [-0.05, 0) is 55.1 Å². The number of carbonyl (C=O) groups excluding carboxylic acids is 1. The van der Waals surface area contributed by atoms with Crippen molar-refractivity contribution < 1.29 is 9.53 Å². The van der Waals surface area contributed by atoms with Crippen molar-refractivity contribution in [2.75, 3.05) is 18.0 Å². The van der Waals surface area contributed by atoms with Crippen LogP contribution in [-0.4, -0.2) is 44.9 Å². The van der Waals surface area contributed by atoms with Crippen LogP contribution in [-0.2, 0) is 10.3 Å². The Bertz CT molecular complexity index is 1170. The molecule has 0 bridgehead atoms. The van der Waals surface area contributed by atoms with Crippen LogP contribution in [0.4, 0.5) is 10.7 Å². The number of alkyl carbamates (subject to hydrolysis) is 1. The van der Waals surface area contributed by atoms with E-state index in [0.717, 1.165) is 5.56 Å². The Balaban J connectivity index is 1.60. The molecule has 1 fully saturated rings. The Morgan fingerprint density at radius 2 is 1.94 bits per heavy atom. The monoisotopic (exact) mass is 497 g/mol. The highest BCUT2D eigenvalue weighted by Crippen LogP contribution is 2.35. The summed E-state index contributed by atoms with van der Waals surface area (Å²) in [5.41, 5.74) is 0.636. The Hall–Kier alpha value is -3.19. The van der Waals surface area contributed by atoms with Crippen LogP contribution in [0.1, 0.15) is 44.9 Å². The quantitative estimate of drug-likeness (QED) is 0.560. The van der Waals surface area contributed by atoms with Crippen LogP contribution in [0.5, 0.6) is 0 Å². The van der Waals surface area contributed by atoms with E-state index in [1.54, 1.807) is 0 Å². The number of hydrogen-bond donors (Lipinski definition) is 2. The van der Waals surface area contributed by atoms with Gasteiger partial charge in [-0.2, -0.15) is 15.3 Å². The summed E-state index contributed by atoms with van der Waals surface area (Å²) in [6.07, 6.45) is 0.819. The van der Waals surface area contributed by atoms with Gasteiger partial charge in [-0.25, -0.2) is 9.78 Å². The number of anilines is 1. The molecule has 0 unspecified atom stereocenters. The topological polar surface area (TPSA) is 120 Å². The highest BCUT2D eigenvalue weighted by molar-refractivity contribution is 9.10. The van der Waals surface area contributed by atoms with Crippen LogP contribution in [0.2, 0.25) is 0 Å². The number of piperidine rings is 1. The van der Waals surface area contributed by atoms with Crippen molar-refractivity contribution in [2.45, 2.75) is 44.8 Å². The summed E-state index contributed by atoms with van der Waals surface area (Å²) < 4.78 is 6.05. The van der Waals surface area contributed by atoms with Gasteiger partial charge in [-0.3, -0.25) is 5.10 Å². The number of benzene rings is 1. The van der Waals surface area contributed by atoms with Gasteiger partial charge in [0.25, 0.3) is 0 Å². The molecule has 166 valence electrons. The fourth-order valence-corrected chi connectivity index (χ4v) is 4.40. The summed E-state index contributed by atoms with van der Waals surface area (Å²) >= 11 is 3.32. The molecule has 0 saturated carbocycles. The lowest BCUT2D eigenvalue weighted by molar-refractivity contribution is 0.0431. The van der Waals surface area contributed by atoms with Crippen molar-refractivity contribution in [2.24, 2.45) is 0 Å². The fraction of sp³-hybridized carbons (Fsp3) is 0.409. The number of nitriles is 1. The average Bonchev–Trinajstić information content (AvgIpc) is 3.13. The Morgan fingerprint density at radius 3 is 2.56 bits per heavy atom. The van der Waals surface area contributed by atoms with E-state index in [2.05, 4.69) is 47.5 Å². The number of rotatable bonds is 3. The Morgan fingerprint density at radius 1 is 1.25 bits per heavy atom. The molecule has 0 aliphatic carbocycles. The summed E-state index contributed by atoms with van der Waals surface area (Å²) in [6.45, 7) is 6.72. The number of halogens is 1. The molecule has 4 rings (SSSR count). The first-order chi connectivity index (χ1) is 15.2. The minimum Gasteiger partial charge on any atom is -0.444 e. The maximum atomic E-state index is 12.7. The molecule has 32 heavy (non-hydrogen) atoms. The van der Waals surface area contributed by atoms with Crippen molar-refractivity contribution in [3.05, 3.63) is 46.2 Å². The van der Waals surface area contributed by atoms with Gasteiger partial charge >= 0.3 is 6.09 Å². The molecule has 1 aliphatic rings. The van der Waals surface area contributed by atoms with Crippen molar-refractivity contribution in [1.82, 2.24) is 25.5 Å². The van der Waals surface area contributed by atoms with E-state index in [0.29, 0.717) is 47.5 Å². The Labute approximate surface area is 194 Å². The zero-order valence-electron chi connectivity index (χ0n) is 18.1. The highest BCUT2D eigenvalue weighted by atomic mass is 79.9. The van der Waals surface area contributed by atoms with E-state index in [1.165, 1.54) is 0 Å². The number of nitrogens with one attached hydrogen (secondary N) is 2. The van der Waals surface area contributed by atoms with E-state index in [-0.39, 0.29) is 5.69 Å². The minimum atomic E-state index is -0.585. The van der Waals surface area contributed by atoms with Gasteiger partial charge in [0.1, 0.15) is 16.3 Å².